The molecule has 0 aliphatic rings. The van der Waals surface area contributed by atoms with E-state index in [0.717, 1.165) is 11.3 Å². The first-order valence-electron chi connectivity index (χ1n) is 6.50. The molecule has 2 rings (SSSR count). The molecular weight excluding hydrogens is 254 g/mol. The van der Waals surface area contributed by atoms with Crippen molar-refractivity contribution in [2.24, 2.45) is 0 Å². The summed E-state index contributed by atoms with van der Waals surface area (Å²) in [7, 11) is 4.00. The van der Waals surface area contributed by atoms with E-state index >= 15 is 0 Å². The van der Waals surface area contributed by atoms with Crippen molar-refractivity contribution in [3.63, 3.8) is 0 Å². The maximum Gasteiger partial charge on any atom is 0.248 e. The van der Waals surface area contributed by atoms with Gasteiger partial charge in [-0.05, 0) is 31.0 Å². The zero-order valence-corrected chi connectivity index (χ0v) is 12.0. The van der Waals surface area contributed by atoms with E-state index in [4.69, 9.17) is 0 Å². The number of aryl methyl sites for hydroxylation is 2. The number of benzene rings is 1. The first-order valence-corrected chi connectivity index (χ1v) is 6.50. The molecule has 0 atom stereocenters. The monoisotopic (exact) mass is 273 g/mol. The van der Waals surface area contributed by atoms with E-state index in [-0.39, 0.29) is 5.91 Å². The maximum atomic E-state index is 11.8. The Morgan fingerprint density at radius 2 is 2.00 bits per heavy atom. The second-order valence-corrected chi connectivity index (χ2v) is 4.85. The Hall–Kier alpha value is -2.37. The molecule has 6 nitrogen and oxygen atoms in total. The van der Waals surface area contributed by atoms with Gasteiger partial charge in [-0.2, -0.15) is 4.98 Å². The highest BCUT2D eigenvalue weighted by atomic mass is 16.1. The van der Waals surface area contributed by atoms with Crippen molar-refractivity contribution in [2.75, 3.05) is 24.3 Å². The summed E-state index contributed by atoms with van der Waals surface area (Å²) in [6.07, 6.45) is 1.11. The number of amides is 1. The third-order valence-electron chi connectivity index (χ3n) is 2.94. The number of nitrogens with one attached hydrogen (secondary N) is 2. The number of aromatic nitrogens is 3. The lowest BCUT2D eigenvalue weighted by molar-refractivity contribution is -0.116. The molecule has 1 heterocycles. The minimum absolute atomic E-state index is 0.0827. The first-order chi connectivity index (χ1) is 9.54. The number of carbonyl (C=O) groups is 1. The van der Waals surface area contributed by atoms with Crippen molar-refractivity contribution in [3.8, 4) is 0 Å². The Morgan fingerprint density at radius 1 is 1.30 bits per heavy atom. The highest BCUT2D eigenvalue weighted by Gasteiger charge is 2.06. The molecule has 1 aromatic carbocycles. The van der Waals surface area contributed by atoms with Crippen molar-refractivity contribution in [1.29, 1.82) is 0 Å². The van der Waals surface area contributed by atoms with Crippen LogP contribution in [-0.2, 0) is 11.2 Å². The van der Waals surface area contributed by atoms with E-state index in [9.17, 15) is 4.79 Å². The summed E-state index contributed by atoms with van der Waals surface area (Å²) in [5, 5.41) is 9.21. The van der Waals surface area contributed by atoms with Crippen molar-refractivity contribution in [3.05, 3.63) is 35.7 Å². The summed E-state index contributed by atoms with van der Waals surface area (Å²) in [5.41, 5.74) is 2.28. The topological polar surface area (TPSA) is 73.9 Å². The van der Waals surface area contributed by atoms with Gasteiger partial charge in [0.05, 0.1) is 0 Å². The molecule has 0 aliphatic carbocycles. The van der Waals surface area contributed by atoms with Crippen LogP contribution in [-0.4, -0.2) is 35.2 Å². The molecule has 6 heteroatoms. The fraction of sp³-hybridized carbons (Fsp3) is 0.357. The standard InChI is InChI=1S/C14H19N5O/c1-10-15-14(18-17-10)16-13(20)9-6-11-4-7-12(8-5-11)19(2)3/h4-5,7-8H,6,9H2,1-3H3,(H2,15,16,17,18,20). The molecular formula is C14H19N5O. The predicted octanol–water partition coefficient (Wildman–Crippen LogP) is 1.75. The molecule has 1 aromatic heterocycles. The molecule has 20 heavy (non-hydrogen) atoms. The number of aromatic amines is 1. The Morgan fingerprint density at radius 3 is 2.55 bits per heavy atom. The second kappa shape index (κ2) is 6.18. The van der Waals surface area contributed by atoms with Crippen LogP contribution >= 0.6 is 0 Å². The molecule has 2 N–H and O–H groups in total. The number of H-pyrrole nitrogens is 1. The molecule has 0 bridgehead atoms. The van der Waals surface area contributed by atoms with Gasteiger partial charge in [0.25, 0.3) is 0 Å². The van der Waals surface area contributed by atoms with E-state index in [0.29, 0.717) is 24.6 Å². The normalized spacial score (nSPS) is 10.3. The molecule has 0 saturated heterocycles. The van der Waals surface area contributed by atoms with Gasteiger partial charge in [0.1, 0.15) is 5.82 Å². The minimum Gasteiger partial charge on any atom is -0.378 e. The molecule has 2 aromatic rings. The third kappa shape index (κ3) is 3.81. The molecule has 0 aliphatic heterocycles. The lowest BCUT2D eigenvalue weighted by atomic mass is 10.1. The van der Waals surface area contributed by atoms with Crippen LogP contribution in [0.5, 0.6) is 0 Å². The van der Waals surface area contributed by atoms with Crippen molar-refractivity contribution in [2.45, 2.75) is 19.8 Å². The summed E-state index contributed by atoms with van der Waals surface area (Å²) in [6.45, 7) is 1.79. The van der Waals surface area contributed by atoms with Crippen LogP contribution in [0.25, 0.3) is 0 Å². The number of carbonyl (C=O) groups excluding carboxylic acids is 1. The van der Waals surface area contributed by atoms with Gasteiger partial charge >= 0.3 is 0 Å². The summed E-state index contributed by atoms with van der Waals surface area (Å²) >= 11 is 0. The molecule has 106 valence electrons. The van der Waals surface area contributed by atoms with Crippen LogP contribution in [0.4, 0.5) is 11.6 Å². The highest BCUT2D eigenvalue weighted by molar-refractivity contribution is 5.89. The number of hydrogen-bond acceptors (Lipinski definition) is 4. The Balaban J connectivity index is 1.83. The van der Waals surface area contributed by atoms with Crippen molar-refractivity contribution >= 4 is 17.5 Å². The van der Waals surface area contributed by atoms with Gasteiger partial charge in [-0.25, -0.2) is 0 Å². The largest absolute Gasteiger partial charge is 0.378 e. The van der Waals surface area contributed by atoms with Crippen LogP contribution in [0, 0.1) is 6.92 Å². The zero-order valence-electron chi connectivity index (χ0n) is 12.0. The number of hydrogen-bond donors (Lipinski definition) is 2. The van der Waals surface area contributed by atoms with E-state index in [2.05, 4.69) is 20.5 Å². The highest BCUT2D eigenvalue weighted by Crippen LogP contribution is 2.13. The van der Waals surface area contributed by atoms with Gasteiger partial charge in [-0.1, -0.05) is 12.1 Å². The van der Waals surface area contributed by atoms with Crippen LogP contribution in [0.1, 0.15) is 17.8 Å². The Bertz CT molecular complexity index is 574. The quantitative estimate of drug-likeness (QED) is 0.870. The van der Waals surface area contributed by atoms with Crippen LogP contribution < -0.4 is 10.2 Å². The predicted molar refractivity (Wildman–Crippen MR) is 78.8 cm³/mol. The van der Waals surface area contributed by atoms with E-state index in [1.165, 1.54) is 0 Å². The van der Waals surface area contributed by atoms with E-state index in [1.807, 2.05) is 43.3 Å². The van der Waals surface area contributed by atoms with Gasteiger partial charge in [0.15, 0.2) is 0 Å². The van der Waals surface area contributed by atoms with Crippen molar-refractivity contribution in [1.82, 2.24) is 15.2 Å². The van der Waals surface area contributed by atoms with Crippen LogP contribution in [0.15, 0.2) is 24.3 Å². The van der Waals surface area contributed by atoms with Crippen molar-refractivity contribution < 1.29 is 4.79 Å². The second-order valence-electron chi connectivity index (χ2n) is 4.85. The van der Waals surface area contributed by atoms with Crippen LogP contribution in [0.3, 0.4) is 0 Å². The Kier molecular flexibility index (Phi) is 4.34. The van der Waals surface area contributed by atoms with Gasteiger partial charge in [-0.3, -0.25) is 15.2 Å². The fourth-order valence-corrected chi connectivity index (χ4v) is 1.80. The van der Waals surface area contributed by atoms with Gasteiger partial charge in [-0.15, -0.1) is 5.10 Å². The number of anilines is 2. The molecule has 0 saturated carbocycles. The van der Waals surface area contributed by atoms with E-state index < -0.39 is 0 Å². The molecule has 0 radical (unpaired) electrons. The average Bonchev–Trinajstić information content (AvgIpc) is 2.82. The van der Waals surface area contributed by atoms with Gasteiger partial charge in [0, 0.05) is 26.2 Å². The zero-order chi connectivity index (χ0) is 14.5. The van der Waals surface area contributed by atoms with Gasteiger partial charge in [0.2, 0.25) is 11.9 Å². The molecule has 1 amide bonds. The van der Waals surface area contributed by atoms with Gasteiger partial charge < -0.3 is 4.90 Å². The van der Waals surface area contributed by atoms with E-state index in [1.54, 1.807) is 6.92 Å². The number of nitrogens with zero attached hydrogens (tertiary/aromatic N) is 3. The number of rotatable bonds is 5. The third-order valence-corrected chi connectivity index (χ3v) is 2.94. The smallest absolute Gasteiger partial charge is 0.248 e. The molecule has 0 spiro atoms. The van der Waals surface area contributed by atoms with Crippen LogP contribution in [0.2, 0.25) is 0 Å². The lowest BCUT2D eigenvalue weighted by Crippen LogP contribution is -2.13. The maximum absolute atomic E-state index is 11.8. The first kappa shape index (κ1) is 14.0. The summed E-state index contributed by atoms with van der Waals surface area (Å²) in [4.78, 5) is 17.8. The summed E-state index contributed by atoms with van der Waals surface area (Å²) < 4.78 is 0. The Labute approximate surface area is 118 Å². The summed E-state index contributed by atoms with van der Waals surface area (Å²) in [5.74, 6) is 0.927. The fourth-order valence-electron chi connectivity index (χ4n) is 1.80. The lowest BCUT2D eigenvalue weighted by Gasteiger charge is -2.12. The summed E-state index contributed by atoms with van der Waals surface area (Å²) in [6, 6.07) is 8.18. The molecule has 0 unspecified atom stereocenters. The molecule has 0 fully saturated rings. The minimum atomic E-state index is -0.0827. The average molecular weight is 273 g/mol. The SMILES string of the molecule is Cc1nc(NC(=O)CCc2ccc(N(C)C)cc2)n[nH]1.